The van der Waals surface area contributed by atoms with Gasteiger partial charge in [0.2, 0.25) is 5.91 Å². The molecule has 1 saturated carbocycles. The van der Waals surface area contributed by atoms with Gasteiger partial charge >= 0.3 is 0 Å². The summed E-state index contributed by atoms with van der Waals surface area (Å²) in [5.41, 5.74) is 1.02. The molecule has 1 aliphatic rings. The van der Waals surface area contributed by atoms with Crippen molar-refractivity contribution in [2.75, 3.05) is 6.26 Å². The van der Waals surface area contributed by atoms with Crippen LogP contribution in [0, 0.1) is 10.9 Å². The standard InChI is InChI=1S/C12H18N2OS3/c1-7-10(18-12(16)13-7)6-11(15)14-8-3-4-9(5-8)17-2/h8-9H,3-6H2,1-2H3,(H,13,16)(H,14,15). The van der Waals surface area contributed by atoms with Gasteiger partial charge in [-0.25, -0.2) is 0 Å². The maximum absolute atomic E-state index is 12.0. The zero-order valence-corrected chi connectivity index (χ0v) is 13.1. The van der Waals surface area contributed by atoms with Crippen LogP contribution in [0.1, 0.15) is 29.8 Å². The number of H-pyrrole nitrogens is 1. The lowest BCUT2D eigenvalue weighted by atomic mass is 10.2. The number of aromatic amines is 1. The van der Waals surface area contributed by atoms with E-state index in [0.717, 1.165) is 27.4 Å². The van der Waals surface area contributed by atoms with Gasteiger partial charge in [-0.2, -0.15) is 11.8 Å². The van der Waals surface area contributed by atoms with E-state index >= 15 is 0 Å². The third-order valence-corrected chi connectivity index (χ3v) is 5.76. The Balaban J connectivity index is 1.86. The van der Waals surface area contributed by atoms with E-state index in [0.29, 0.717) is 17.7 Å². The van der Waals surface area contributed by atoms with E-state index in [9.17, 15) is 4.79 Å². The first kappa shape index (κ1) is 14.1. The molecule has 1 fully saturated rings. The van der Waals surface area contributed by atoms with Crippen molar-refractivity contribution in [3.63, 3.8) is 0 Å². The number of aryl methyl sites for hydroxylation is 1. The summed E-state index contributed by atoms with van der Waals surface area (Å²) in [4.78, 5) is 16.1. The highest BCUT2D eigenvalue weighted by Gasteiger charge is 2.25. The molecule has 0 aromatic carbocycles. The molecule has 1 amide bonds. The number of aromatic nitrogens is 1. The van der Waals surface area contributed by atoms with Crippen molar-refractivity contribution in [2.24, 2.45) is 0 Å². The molecule has 2 N–H and O–H groups in total. The minimum Gasteiger partial charge on any atom is -0.353 e. The normalized spacial score (nSPS) is 23.2. The summed E-state index contributed by atoms with van der Waals surface area (Å²) < 4.78 is 0.749. The van der Waals surface area contributed by atoms with Crippen LogP contribution in [0.3, 0.4) is 0 Å². The van der Waals surface area contributed by atoms with Crippen LogP contribution in [0.2, 0.25) is 0 Å². The monoisotopic (exact) mass is 302 g/mol. The van der Waals surface area contributed by atoms with Gasteiger partial charge in [-0.15, -0.1) is 11.3 Å². The fraction of sp³-hybridized carbons (Fsp3) is 0.667. The topological polar surface area (TPSA) is 44.9 Å². The molecule has 2 atom stereocenters. The minimum atomic E-state index is 0.120. The molecule has 2 rings (SSSR count). The van der Waals surface area contributed by atoms with E-state index < -0.39 is 0 Å². The second-order valence-electron chi connectivity index (χ2n) is 4.67. The van der Waals surface area contributed by atoms with Gasteiger partial charge < -0.3 is 10.3 Å². The molecule has 0 radical (unpaired) electrons. The minimum absolute atomic E-state index is 0.120. The summed E-state index contributed by atoms with van der Waals surface area (Å²) in [7, 11) is 0. The molecule has 0 bridgehead atoms. The second kappa shape index (κ2) is 6.21. The summed E-state index contributed by atoms with van der Waals surface area (Å²) in [6.07, 6.45) is 6.02. The average molecular weight is 302 g/mol. The Morgan fingerprint density at radius 2 is 2.39 bits per heavy atom. The lowest BCUT2D eigenvalue weighted by Gasteiger charge is -2.12. The number of carbonyl (C=O) groups is 1. The molecule has 18 heavy (non-hydrogen) atoms. The van der Waals surface area contributed by atoms with Crippen LogP contribution in [0.25, 0.3) is 0 Å². The molecular formula is C12H18N2OS3. The number of hydrogen-bond donors (Lipinski definition) is 2. The molecule has 1 aromatic heterocycles. The molecule has 2 unspecified atom stereocenters. The largest absolute Gasteiger partial charge is 0.353 e. The predicted octanol–water partition coefficient (Wildman–Crippen LogP) is 3.06. The van der Waals surface area contributed by atoms with Crippen molar-refractivity contribution in [1.29, 1.82) is 0 Å². The van der Waals surface area contributed by atoms with E-state index in [1.54, 1.807) is 0 Å². The van der Waals surface area contributed by atoms with Gasteiger partial charge in [-0.3, -0.25) is 4.79 Å². The SMILES string of the molecule is CSC1CCC(NC(=O)Cc2sc(=S)[nH]c2C)C1. The Kier molecular flexibility index (Phi) is 4.86. The van der Waals surface area contributed by atoms with Crippen molar-refractivity contribution in [3.05, 3.63) is 14.5 Å². The van der Waals surface area contributed by atoms with E-state index in [4.69, 9.17) is 12.2 Å². The number of rotatable bonds is 4. The van der Waals surface area contributed by atoms with Crippen LogP contribution in [0.4, 0.5) is 0 Å². The summed E-state index contributed by atoms with van der Waals surface area (Å²) in [5, 5.41) is 3.85. The molecule has 6 heteroatoms. The summed E-state index contributed by atoms with van der Waals surface area (Å²) in [6, 6.07) is 0.363. The first-order valence-corrected chi connectivity index (χ1v) is 8.60. The molecule has 1 heterocycles. The van der Waals surface area contributed by atoms with Crippen LogP contribution in [0.15, 0.2) is 0 Å². The second-order valence-corrected chi connectivity index (χ2v) is 7.58. The van der Waals surface area contributed by atoms with Crippen molar-refractivity contribution < 1.29 is 4.79 Å². The summed E-state index contributed by atoms with van der Waals surface area (Å²) >= 11 is 8.48. The van der Waals surface area contributed by atoms with Crippen molar-refractivity contribution >= 4 is 41.2 Å². The average Bonchev–Trinajstić information content (AvgIpc) is 2.86. The summed E-state index contributed by atoms with van der Waals surface area (Å²) in [5.74, 6) is 0.120. The van der Waals surface area contributed by atoms with Gasteiger partial charge in [0.1, 0.15) is 0 Å². The number of amides is 1. The van der Waals surface area contributed by atoms with E-state index in [1.165, 1.54) is 17.8 Å². The fourth-order valence-corrected chi connectivity index (χ4v) is 4.40. The van der Waals surface area contributed by atoms with Crippen LogP contribution >= 0.6 is 35.3 Å². The van der Waals surface area contributed by atoms with Gasteiger partial charge in [0.05, 0.1) is 6.42 Å². The lowest BCUT2D eigenvalue weighted by Crippen LogP contribution is -2.34. The number of thiazole rings is 1. The Morgan fingerprint density at radius 3 is 2.94 bits per heavy atom. The Morgan fingerprint density at radius 1 is 1.61 bits per heavy atom. The molecule has 1 aliphatic carbocycles. The smallest absolute Gasteiger partial charge is 0.225 e. The molecule has 0 saturated heterocycles. The highest BCUT2D eigenvalue weighted by atomic mass is 32.2. The van der Waals surface area contributed by atoms with Crippen molar-refractivity contribution in [2.45, 2.75) is 43.9 Å². The Hall–Kier alpha value is -0.330. The summed E-state index contributed by atoms with van der Waals surface area (Å²) in [6.45, 7) is 1.97. The maximum Gasteiger partial charge on any atom is 0.225 e. The van der Waals surface area contributed by atoms with E-state index in [1.807, 2.05) is 18.7 Å². The van der Waals surface area contributed by atoms with E-state index in [-0.39, 0.29) is 5.91 Å². The van der Waals surface area contributed by atoms with Crippen LogP contribution in [-0.2, 0) is 11.2 Å². The highest BCUT2D eigenvalue weighted by Crippen LogP contribution is 2.28. The van der Waals surface area contributed by atoms with Gasteiger partial charge in [0.25, 0.3) is 0 Å². The first-order valence-electron chi connectivity index (χ1n) is 6.09. The maximum atomic E-state index is 12.0. The Bertz CT molecular complexity index is 480. The zero-order chi connectivity index (χ0) is 13.1. The van der Waals surface area contributed by atoms with Gasteiger partial charge in [0, 0.05) is 21.9 Å². The third kappa shape index (κ3) is 3.59. The zero-order valence-electron chi connectivity index (χ0n) is 10.6. The van der Waals surface area contributed by atoms with Gasteiger partial charge in [0.15, 0.2) is 3.95 Å². The molecule has 100 valence electrons. The van der Waals surface area contributed by atoms with E-state index in [2.05, 4.69) is 16.6 Å². The molecule has 3 nitrogen and oxygen atoms in total. The van der Waals surface area contributed by atoms with Crippen molar-refractivity contribution in [3.8, 4) is 0 Å². The fourth-order valence-electron chi connectivity index (χ4n) is 2.32. The number of carbonyl (C=O) groups excluding carboxylic acids is 1. The van der Waals surface area contributed by atoms with Crippen molar-refractivity contribution in [1.82, 2.24) is 10.3 Å². The predicted molar refractivity (Wildman–Crippen MR) is 81.0 cm³/mol. The number of thioether (sulfide) groups is 1. The molecule has 1 aromatic rings. The molecule has 0 aliphatic heterocycles. The number of hydrogen-bond acceptors (Lipinski definition) is 4. The van der Waals surface area contributed by atoms with Crippen LogP contribution in [0.5, 0.6) is 0 Å². The van der Waals surface area contributed by atoms with Gasteiger partial charge in [-0.05, 0) is 44.7 Å². The van der Waals surface area contributed by atoms with Crippen LogP contribution < -0.4 is 5.32 Å². The van der Waals surface area contributed by atoms with Crippen LogP contribution in [-0.4, -0.2) is 28.4 Å². The third-order valence-electron chi connectivity index (χ3n) is 3.33. The van der Waals surface area contributed by atoms with Gasteiger partial charge in [-0.1, -0.05) is 0 Å². The lowest BCUT2D eigenvalue weighted by molar-refractivity contribution is -0.121. The molecule has 0 spiro atoms. The highest BCUT2D eigenvalue weighted by molar-refractivity contribution is 7.99. The Labute approximate surface area is 121 Å². The quantitative estimate of drug-likeness (QED) is 0.840. The first-order chi connectivity index (χ1) is 8.58. The molecular weight excluding hydrogens is 284 g/mol. The number of nitrogens with one attached hydrogen (secondary N) is 2.